The van der Waals surface area contributed by atoms with Crippen LogP contribution in [0, 0.1) is 17.2 Å². The van der Waals surface area contributed by atoms with Gasteiger partial charge in [0, 0.05) is 11.5 Å². The lowest BCUT2D eigenvalue weighted by Crippen LogP contribution is -2.18. The molecule has 1 aliphatic rings. The van der Waals surface area contributed by atoms with E-state index in [1.807, 2.05) is 6.92 Å². The van der Waals surface area contributed by atoms with Gasteiger partial charge >= 0.3 is 0 Å². The Kier molecular flexibility index (Phi) is 4.56. The Labute approximate surface area is 117 Å². The third-order valence-corrected chi connectivity index (χ3v) is 4.48. The summed E-state index contributed by atoms with van der Waals surface area (Å²) in [4.78, 5) is 12.9. The molecule has 0 aliphatic heterocycles. The molecule has 1 aromatic rings. The highest BCUT2D eigenvalue weighted by Gasteiger charge is 2.24. The molecule has 5 heteroatoms. The van der Waals surface area contributed by atoms with Crippen LogP contribution in [0.15, 0.2) is 0 Å². The van der Waals surface area contributed by atoms with Crippen molar-refractivity contribution in [1.82, 2.24) is 0 Å². The fourth-order valence-corrected chi connectivity index (χ4v) is 3.69. The highest BCUT2D eigenvalue weighted by molar-refractivity contribution is 7.16. The van der Waals surface area contributed by atoms with Crippen LogP contribution in [0.5, 0.6) is 0 Å². The zero-order valence-corrected chi connectivity index (χ0v) is 12.1. The Balaban J connectivity index is 2.17. The minimum absolute atomic E-state index is 0.0420. The van der Waals surface area contributed by atoms with Gasteiger partial charge in [-0.05, 0) is 37.7 Å². The molecule has 0 radical (unpaired) electrons. The Hall–Kier alpha value is -1.38. The van der Waals surface area contributed by atoms with Gasteiger partial charge in [-0.1, -0.05) is 6.92 Å². The molecular weight excluding hydrogens is 260 g/mol. The van der Waals surface area contributed by atoms with E-state index in [0.717, 1.165) is 24.8 Å². The van der Waals surface area contributed by atoms with Crippen molar-refractivity contribution in [2.75, 3.05) is 18.5 Å². The molecule has 102 valence electrons. The zero-order chi connectivity index (χ0) is 13.8. The summed E-state index contributed by atoms with van der Waals surface area (Å²) in [6.45, 7) is 4.62. The van der Waals surface area contributed by atoms with Crippen molar-refractivity contribution in [1.29, 1.82) is 5.26 Å². The van der Waals surface area contributed by atoms with Crippen molar-refractivity contribution < 1.29 is 9.53 Å². The van der Waals surface area contributed by atoms with E-state index >= 15 is 0 Å². The molecule has 1 aromatic heterocycles. The standard InChI is InChI=1S/C14H18N2O2S/c1-3-18-8-13(17)16-14-11(7-15)10-5-4-9(2)6-12(10)19-14/h9H,3-6,8H2,1-2H3,(H,16,17). The molecule has 0 bridgehead atoms. The summed E-state index contributed by atoms with van der Waals surface area (Å²) in [6.07, 6.45) is 3.07. The second-order valence-electron chi connectivity index (χ2n) is 4.85. The number of amides is 1. The maximum atomic E-state index is 11.7. The third kappa shape index (κ3) is 3.14. The zero-order valence-electron chi connectivity index (χ0n) is 11.3. The van der Waals surface area contributed by atoms with E-state index in [1.165, 1.54) is 4.88 Å². The summed E-state index contributed by atoms with van der Waals surface area (Å²) in [5.41, 5.74) is 1.79. The van der Waals surface area contributed by atoms with E-state index in [-0.39, 0.29) is 12.5 Å². The molecule has 1 unspecified atom stereocenters. The molecule has 0 fully saturated rings. The summed E-state index contributed by atoms with van der Waals surface area (Å²) in [5, 5.41) is 12.8. The Morgan fingerprint density at radius 1 is 1.63 bits per heavy atom. The second-order valence-corrected chi connectivity index (χ2v) is 5.96. The topological polar surface area (TPSA) is 62.1 Å². The second kappa shape index (κ2) is 6.18. The number of nitriles is 1. The van der Waals surface area contributed by atoms with E-state index in [2.05, 4.69) is 18.3 Å². The Bertz CT molecular complexity index is 516. The van der Waals surface area contributed by atoms with Gasteiger partial charge in [0.05, 0.1) is 5.56 Å². The van der Waals surface area contributed by atoms with Crippen molar-refractivity contribution in [3.05, 3.63) is 16.0 Å². The molecule has 0 saturated heterocycles. The van der Waals surface area contributed by atoms with Gasteiger partial charge in [0.1, 0.15) is 17.7 Å². The lowest BCUT2D eigenvalue weighted by atomic mass is 9.89. The van der Waals surface area contributed by atoms with Gasteiger partial charge in [0.2, 0.25) is 0 Å². The maximum Gasteiger partial charge on any atom is 0.251 e. The predicted molar refractivity (Wildman–Crippen MR) is 75.3 cm³/mol. The predicted octanol–water partition coefficient (Wildman–Crippen LogP) is 2.72. The summed E-state index contributed by atoms with van der Waals surface area (Å²) in [6, 6.07) is 2.23. The van der Waals surface area contributed by atoms with Gasteiger partial charge < -0.3 is 10.1 Å². The van der Waals surface area contributed by atoms with Crippen molar-refractivity contribution in [2.45, 2.75) is 33.1 Å². The van der Waals surface area contributed by atoms with Crippen LogP contribution in [-0.4, -0.2) is 19.1 Å². The molecule has 19 heavy (non-hydrogen) atoms. The molecule has 2 rings (SSSR count). The number of anilines is 1. The van der Waals surface area contributed by atoms with Crippen LogP contribution in [0.25, 0.3) is 0 Å². The van der Waals surface area contributed by atoms with Gasteiger partial charge in [-0.25, -0.2) is 0 Å². The highest BCUT2D eigenvalue weighted by Crippen LogP contribution is 2.39. The number of rotatable bonds is 4. The molecule has 1 atom stereocenters. The highest BCUT2D eigenvalue weighted by atomic mass is 32.1. The minimum atomic E-state index is -0.190. The lowest BCUT2D eigenvalue weighted by Gasteiger charge is -2.17. The number of nitrogens with zero attached hydrogens (tertiary/aromatic N) is 1. The van der Waals surface area contributed by atoms with Crippen molar-refractivity contribution in [3.8, 4) is 6.07 Å². The van der Waals surface area contributed by atoms with Crippen molar-refractivity contribution in [3.63, 3.8) is 0 Å². The number of hydrogen-bond donors (Lipinski definition) is 1. The molecule has 4 nitrogen and oxygen atoms in total. The molecule has 1 amide bonds. The molecule has 1 heterocycles. The molecule has 1 N–H and O–H groups in total. The molecular formula is C14H18N2O2S. The first-order chi connectivity index (χ1) is 9.15. The Morgan fingerprint density at radius 3 is 3.11 bits per heavy atom. The normalized spacial score (nSPS) is 17.6. The van der Waals surface area contributed by atoms with Gasteiger partial charge in [-0.2, -0.15) is 5.26 Å². The minimum Gasteiger partial charge on any atom is -0.372 e. The fraction of sp³-hybridized carbons (Fsp3) is 0.571. The fourth-order valence-electron chi connectivity index (χ4n) is 2.31. The van der Waals surface area contributed by atoms with Crippen LogP contribution in [0.4, 0.5) is 5.00 Å². The quantitative estimate of drug-likeness (QED) is 0.921. The summed E-state index contributed by atoms with van der Waals surface area (Å²) >= 11 is 1.54. The number of thiophene rings is 1. The van der Waals surface area contributed by atoms with E-state index in [1.54, 1.807) is 11.3 Å². The summed E-state index contributed by atoms with van der Waals surface area (Å²) in [7, 11) is 0. The van der Waals surface area contributed by atoms with E-state index < -0.39 is 0 Å². The number of ether oxygens (including phenoxy) is 1. The lowest BCUT2D eigenvalue weighted by molar-refractivity contribution is -0.120. The van der Waals surface area contributed by atoms with E-state index in [4.69, 9.17) is 4.74 Å². The van der Waals surface area contributed by atoms with Crippen LogP contribution >= 0.6 is 11.3 Å². The summed E-state index contributed by atoms with van der Waals surface area (Å²) < 4.78 is 5.07. The van der Waals surface area contributed by atoms with E-state index in [0.29, 0.717) is 23.1 Å². The van der Waals surface area contributed by atoms with E-state index in [9.17, 15) is 10.1 Å². The van der Waals surface area contributed by atoms with Crippen LogP contribution in [0.1, 0.15) is 36.3 Å². The van der Waals surface area contributed by atoms with Gasteiger partial charge in [-0.3, -0.25) is 4.79 Å². The van der Waals surface area contributed by atoms with Gasteiger partial charge in [-0.15, -0.1) is 11.3 Å². The smallest absolute Gasteiger partial charge is 0.251 e. The molecule has 0 spiro atoms. The number of carbonyl (C=O) groups is 1. The molecule has 0 aromatic carbocycles. The SMILES string of the molecule is CCOCC(=O)Nc1sc2c(c1C#N)CCC(C)C2. The number of nitrogens with one attached hydrogen (secondary N) is 1. The molecule has 1 aliphatic carbocycles. The first-order valence-corrected chi connectivity index (χ1v) is 7.39. The summed E-state index contributed by atoms with van der Waals surface area (Å²) in [5.74, 6) is 0.467. The van der Waals surface area contributed by atoms with Crippen LogP contribution in [-0.2, 0) is 22.4 Å². The number of hydrogen-bond acceptors (Lipinski definition) is 4. The first kappa shape index (κ1) is 14.0. The van der Waals surface area contributed by atoms with Gasteiger partial charge in [0.15, 0.2) is 0 Å². The monoisotopic (exact) mass is 278 g/mol. The van der Waals surface area contributed by atoms with Crippen LogP contribution < -0.4 is 5.32 Å². The van der Waals surface area contributed by atoms with Crippen LogP contribution in [0.3, 0.4) is 0 Å². The number of fused-ring (bicyclic) bond motifs is 1. The van der Waals surface area contributed by atoms with Crippen molar-refractivity contribution in [2.24, 2.45) is 5.92 Å². The maximum absolute atomic E-state index is 11.7. The Morgan fingerprint density at radius 2 is 2.42 bits per heavy atom. The number of carbonyl (C=O) groups excluding carboxylic acids is 1. The van der Waals surface area contributed by atoms with Crippen LogP contribution in [0.2, 0.25) is 0 Å². The van der Waals surface area contributed by atoms with Crippen molar-refractivity contribution >= 4 is 22.2 Å². The third-order valence-electron chi connectivity index (χ3n) is 3.31. The molecule has 0 saturated carbocycles. The average Bonchev–Trinajstić information content (AvgIpc) is 2.72. The largest absolute Gasteiger partial charge is 0.372 e. The van der Waals surface area contributed by atoms with Gasteiger partial charge in [0.25, 0.3) is 5.91 Å². The average molecular weight is 278 g/mol. The first-order valence-electron chi connectivity index (χ1n) is 6.57.